The molecule has 0 aliphatic rings. The molecule has 0 atom stereocenters. The van der Waals surface area contributed by atoms with Crippen molar-refractivity contribution in [1.82, 2.24) is 19.1 Å². The summed E-state index contributed by atoms with van der Waals surface area (Å²) < 4.78 is 2.44. The molecule has 158 valence electrons. The van der Waals surface area contributed by atoms with Crippen LogP contribution < -0.4 is 11.2 Å². The van der Waals surface area contributed by atoms with Gasteiger partial charge in [0.15, 0.2) is 5.52 Å². The number of benzene rings is 2. The highest BCUT2D eigenvalue weighted by atomic mass is 16.4. The number of fused-ring (bicyclic) bond motifs is 1. The highest BCUT2D eigenvalue weighted by Gasteiger charge is 2.16. The number of nitriles is 1. The predicted octanol–water partition coefficient (Wildman–Crippen LogP) is 2.11. The van der Waals surface area contributed by atoms with Gasteiger partial charge in [0, 0.05) is 18.7 Å². The van der Waals surface area contributed by atoms with E-state index in [2.05, 4.69) is 9.97 Å². The molecule has 0 fully saturated rings. The van der Waals surface area contributed by atoms with Crippen LogP contribution in [0.5, 0.6) is 0 Å². The van der Waals surface area contributed by atoms with Crippen LogP contribution in [-0.2, 0) is 18.4 Å². The third kappa shape index (κ3) is 3.85. The maximum absolute atomic E-state index is 13.0. The zero-order valence-electron chi connectivity index (χ0n) is 16.9. The third-order valence-electron chi connectivity index (χ3n) is 5.01. The number of carbonyl (C=O) groups is 1. The molecule has 2 heterocycles. The number of rotatable bonds is 5. The van der Waals surface area contributed by atoms with Gasteiger partial charge in [-0.15, -0.1) is 0 Å². The Kier molecular flexibility index (Phi) is 5.27. The van der Waals surface area contributed by atoms with Gasteiger partial charge in [-0.1, -0.05) is 36.4 Å². The van der Waals surface area contributed by atoms with Crippen molar-refractivity contribution in [3.63, 3.8) is 0 Å². The summed E-state index contributed by atoms with van der Waals surface area (Å²) in [5.74, 6) is -0.624. The van der Waals surface area contributed by atoms with Crippen molar-refractivity contribution >= 4 is 23.2 Å². The van der Waals surface area contributed by atoms with Gasteiger partial charge in [-0.2, -0.15) is 5.26 Å². The van der Waals surface area contributed by atoms with Crippen LogP contribution in [0, 0.1) is 11.3 Å². The van der Waals surface area contributed by atoms with Crippen LogP contribution in [0.2, 0.25) is 0 Å². The van der Waals surface area contributed by atoms with E-state index in [1.54, 1.807) is 55.6 Å². The number of hydrogen-bond donors (Lipinski definition) is 2. The molecule has 0 unspecified atom stereocenters. The quantitative estimate of drug-likeness (QED) is 0.469. The molecule has 0 spiro atoms. The van der Waals surface area contributed by atoms with Gasteiger partial charge in [0.25, 0.3) is 5.56 Å². The zero-order chi connectivity index (χ0) is 22.8. The summed E-state index contributed by atoms with van der Waals surface area (Å²) in [4.78, 5) is 43.9. The molecule has 0 saturated heterocycles. The number of carboxylic acids is 1. The molecular formula is C23H17N5O4. The van der Waals surface area contributed by atoms with Gasteiger partial charge in [0.1, 0.15) is 11.5 Å². The number of aromatic amines is 1. The lowest BCUT2D eigenvalue weighted by Crippen LogP contribution is -2.39. The molecule has 0 saturated carbocycles. The van der Waals surface area contributed by atoms with E-state index >= 15 is 0 Å². The summed E-state index contributed by atoms with van der Waals surface area (Å²) in [5, 5.41) is 17.7. The summed E-state index contributed by atoms with van der Waals surface area (Å²) in [6.07, 6.45) is 2.51. The van der Waals surface area contributed by atoms with Gasteiger partial charge in [0.05, 0.1) is 18.2 Å². The van der Waals surface area contributed by atoms with Crippen LogP contribution in [0.4, 0.5) is 0 Å². The van der Waals surface area contributed by atoms with E-state index in [0.717, 1.165) is 10.6 Å². The number of nitrogens with one attached hydrogen (secondary N) is 1. The molecule has 0 aliphatic carbocycles. The number of aryl methyl sites for hydroxylation is 1. The lowest BCUT2D eigenvalue weighted by atomic mass is 10.1. The molecule has 2 aromatic heterocycles. The first kappa shape index (κ1) is 20.6. The monoisotopic (exact) mass is 427 g/mol. The van der Waals surface area contributed by atoms with Crippen molar-refractivity contribution in [2.45, 2.75) is 6.54 Å². The number of aromatic nitrogens is 4. The molecule has 4 aromatic rings. The lowest BCUT2D eigenvalue weighted by Gasteiger charge is -2.08. The first-order valence-electron chi connectivity index (χ1n) is 9.57. The van der Waals surface area contributed by atoms with Crippen molar-refractivity contribution in [1.29, 1.82) is 5.26 Å². The van der Waals surface area contributed by atoms with Crippen molar-refractivity contribution in [2.24, 2.45) is 7.05 Å². The Bertz CT molecular complexity index is 1510. The molecule has 0 amide bonds. The summed E-state index contributed by atoms with van der Waals surface area (Å²) in [6.45, 7) is 0.0555. The van der Waals surface area contributed by atoms with Crippen molar-refractivity contribution in [3.8, 4) is 17.5 Å². The third-order valence-corrected chi connectivity index (χ3v) is 5.01. The maximum Gasteiger partial charge on any atom is 0.332 e. The Labute approximate surface area is 181 Å². The minimum atomic E-state index is -1.04. The maximum atomic E-state index is 13.0. The van der Waals surface area contributed by atoms with E-state index in [1.165, 1.54) is 10.6 Å². The van der Waals surface area contributed by atoms with Gasteiger partial charge in [-0.25, -0.2) is 14.6 Å². The molecule has 0 aliphatic heterocycles. The van der Waals surface area contributed by atoms with Crippen LogP contribution in [0.25, 0.3) is 28.6 Å². The van der Waals surface area contributed by atoms with Gasteiger partial charge in [-0.3, -0.25) is 13.9 Å². The minimum Gasteiger partial charge on any atom is -0.478 e. The molecule has 0 radical (unpaired) electrons. The fourth-order valence-electron chi connectivity index (χ4n) is 3.31. The van der Waals surface area contributed by atoms with Gasteiger partial charge in [0.2, 0.25) is 0 Å². The predicted molar refractivity (Wildman–Crippen MR) is 118 cm³/mol. The summed E-state index contributed by atoms with van der Waals surface area (Å²) in [6, 6.07) is 15.6. The van der Waals surface area contributed by atoms with Gasteiger partial charge < -0.3 is 10.1 Å². The fraction of sp³-hybridized carbons (Fsp3) is 0.0870. The Morgan fingerprint density at radius 3 is 2.47 bits per heavy atom. The van der Waals surface area contributed by atoms with E-state index < -0.39 is 17.2 Å². The van der Waals surface area contributed by atoms with E-state index in [9.17, 15) is 14.4 Å². The average molecular weight is 427 g/mol. The molecule has 2 N–H and O–H groups in total. The van der Waals surface area contributed by atoms with Crippen molar-refractivity contribution in [2.75, 3.05) is 0 Å². The first-order chi connectivity index (χ1) is 15.4. The van der Waals surface area contributed by atoms with Crippen LogP contribution >= 0.6 is 0 Å². The Morgan fingerprint density at radius 2 is 1.84 bits per heavy atom. The summed E-state index contributed by atoms with van der Waals surface area (Å²) in [5.41, 5.74) is 2.01. The van der Waals surface area contributed by atoms with E-state index in [1.807, 2.05) is 6.07 Å². The SMILES string of the molecule is Cn1c(=O)n(Cc2ccc(C#N)cc2)c(=O)c2nc(-c3ccc(/C=C/C(=O)O)cc3)[nH]c21. The first-order valence-corrected chi connectivity index (χ1v) is 9.57. The van der Waals surface area contributed by atoms with E-state index in [4.69, 9.17) is 10.4 Å². The highest BCUT2D eigenvalue weighted by Crippen LogP contribution is 2.19. The molecule has 32 heavy (non-hydrogen) atoms. The summed E-state index contributed by atoms with van der Waals surface area (Å²) >= 11 is 0. The highest BCUT2D eigenvalue weighted by molar-refractivity contribution is 5.85. The smallest absolute Gasteiger partial charge is 0.332 e. The molecule has 9 nitrogen and oxygen atoms in total. The van der Waals surface area contributed by atoms with Crippen molar-refractivity contribution < 1.29 is 9.90 Å². The van der Waals surface area contributed by atoms with Crippen LogP contribution in [0.1, 0.15) is 16.7 Å². The second kappa shape index (κ2) is 8.20. The fourth-order valence-corrected chi connectivity index (χ4v) is 3.31. The lowest BCUT2D eigenvalue weighted by molar-refractivity contribution is -0.131. The van der Waals surface area contributed by atoms with Crippen LogP contribution in [-0.4, -0.2) is 30.2 Å². The topological polar surface area (TPSA) is 134 Å². The number of H-pyrrole nitrogens is 1. The Balaban J connectivity index is 1.74. The summed E-state index contributed by atoms with van der Waals surface area (Å²) in [7, 11) is 1.56. The number of carboxylic acid groups (broad SMARTS) is 1. The molecule has 0 bridgehead atoms. The van der Waals surface area contributed by atoms with Gasteiger partial charge in [-0.05, 0) is 29.3 Å². The van der Waals surface area contributed by atoms with E-state index in [0.29, 0.717) is 33.7 Å². The Hall–Kier alpha value is -4.71. The molecule has 2 aromatic carbocycles. The van der Waals surface area contributed by atoms with Crippen LogP contribution in [0.3, 0.4) is 0 Å². The largest absolute Gasteiger partial charge is 0.478 e. The van der Waals surface area contributed by atoms with E-state index in [-0.39, 0.29) is 12.1 Å². The second-order valence-electron chi connectivity index (χ2n) is 7.12. The van der Waals surface area contributed by atoms with Crippen molar-refractivity contribution in [3.05, 3.63) is 92.1 Å². The number of hydrogen-bond acceptors (Lipinski definition) is 5. The number of imidazole rings is 1. The minimum absolute atomic E-state index is 0.0555. The number of nitrogens with zero attached hydrogens (tertiary/aromatic N) is 4. The average Bonchev–Trinajstić information content (AvgIpc) is 3.26. The molecule has 9 heteroatoms. The zero-order valence-corrected chi connectivity index (χ0v) is 16.9. The normalized spacial score (nSPS) is 11.1. The molecule has 4 rings (SSSR count). The molecular weight excluding hydrogens is 410 g/mol. The van der Waals surface area contributed by atoms with Gasteiger partial charge >= 0.3 is 11.7 Å². The Morgan fingerprint density at radius 1 is 1.16 bits per heavy atom. The second-order valence-corrected chi connectivity index (χ2v) is 7.12. The number of aliphatic carboxylic acids is 1. The standard InChI is InChI=1S/C23H17N5O4/c1-27-21-19(22(31)28(23(27)32)13-16-4-2-15(12-24)3-5-16)25-20(26-21)17-9-6-14(7-10-17)8-11-18(29)30/h2-11H,13H2,1H3,(H,25,26)(H,29,30)/b11-8+. The van der Waals surface area contributed by atoms with Crippen LogP contribution in [0.15, 0.2) is 64.2 Å².